The van der Waals surface area contributed by atoms with Gasteiger partial charge in [0.05, 0.1) is 7.11 Å². The van der Waals surface area contributed by atoms with Crippen LogP contribution in [-0.4, -0.2) is 60.5 Å². The summed E-state index contributed by atoms with van der Waals surface area (Å²) >= 11 is 0. The Labute approximate surface area is 207 Å². The molecule has 0 N–H and O–H groups in total. The maximum atomic E-state index is 13.1. The second kappa shape index (κ2) is 8.17. The summed E-state index contributed by atoms with van der Waals surface area (Å²) in [5, 5.41) is 0. The minimum atomic E-state index is -1.55. The van der Waals surface area contributed by atoms with Gasteiger partial charge >= 0.3 is 23.9 Å². The van der Waals surface area contributed by atoms with Crippen molar-refractivity contribution in [2.24, 2.45) is 5.92 Å². The van der Waals surface area contributed by atoms with Crippen LogP contribution in [0.15, 0.2) is 22.6 Å². The summed E-state index contributed by atoms with van der Waals surface area (Å²) in [4.78, 5) is 50.0. The summed E-state index contributed by atoms with van der Waals surface area (Å²) in [6, 6.07) is 1.79. The number of aryl methyl sites for hydroxylation is 1. The van der Waals surface area contributed by atoms with E-state index in [0.29, 0.717) is 17.7 Å². The van der Waals surface area contributed by atoms with Gasteiger partial charge < -0.3 is 32.8 Å². The zero-order chi connectivity index (χ0) is 26.2. The number of carbonyl (C=O) groups excluding carboxylic acids is 4. The average Bonchev–Trinajstić information content (AvgIpc) is 3.63. The second-order valence-electron chi connectivity index (χ2n) is 9.97. The van der Waals surface area contributed by atoms with Gasteiger partial charge in [0.25, 0.3) is 0 Å². The van der Waals surface area contributed by atoms with Crippen LogP contribution < -0.4 is 0 Å². The van der Waals surface area contributed by atoms with Gasteiger partial charge in [-0.1, -0.05) is 6.58 Å². The number of epoxide rings is 2. The molecule has 0 radical (unpaired) electrons. The molecule has 4 bridgehead atoms. The first-order chi connectivity index (χ1) is 16.9. The standard InChI is InChI=1S/C25H28O11/c1-10-7-15-20-24(5,35-20)9-16-21-25(36-21,23(29)34-16)17(31-12(3)26)8-14(11(2)22(28)30-6)19(18(10)33-15)32-13(4)27/h7,14,16-17,19-21H,2,8-9H2,1,3-6H3/t14-,16?,17?,19?,20+,21-,24+,25-/m1/s1. The van der Waals surface area contributed by atoms with E-state index in [-0.39, 0.29) is 17.8 Å². The zero-order valence-corrected chi connectivity index (χ0v) is 20.7. The Morgan fingerprint density at radius 2 is 1.83 bits per heavy atom. The molecule has 11 nitrogen and oxygen atoms in total. The first-order valence-corrected chi connectivity index (χ1v) is 11.7. The van der Waals surface area contributed by atoms with Crippen molar-refractivity contribution in [2.45, 2.75) is 82.3 Å². The third-order valence-corrected chi connectivity index (χ3v) is 7.39. The van der Waals surface area contributed by atoms with Gasteiger partial charge in [-0.05, 0) is 31.9 Å². The van der Waals surface area contributed by atoms with Crippen molar-refractivity contribution in [2.75, 3.05) is 7.11 Å². The quantitative estimate of drug-likeness (QED) is 0.257. The molecule has 4 aliphatic heterocycles. The van der Waals surface area contributed by atoms with Gasteiger partial charge in [0.1, 0.15) is 41.5 Å². The Balaban J connectivity index is 1.66. The average molecular weight is 504 g/mol. The van der Waals surface area contributed by atoms with Gasteiger partial charge in [-0.25, -0.2) is 9.59 Å². The first kappa shape index (κ1) is 24.5. The number of furan rings is 1. The van der Waals surface area contributed by atoms with E-state index < -0.39 is 71.5 Å². The van der Waals surface area contributed by atoms with E-state index in [0.717, 1.165) is 0 Å². The normalized spacial score (nSPS) is 38.1. The highest BCUT2D eigenvalue weighted by Gasteiger charge is 2.79. The van der Waals surface area contributed by atoms with Crippen molar-refractivity contribution in [3.05, 3.63) is 35.3 Å². The highest BCUT2D eigenvalue weighted by atomic mass is 16.7. The van der Waals surface area contributed by atoms with Crippen LogP contribution in [0.5, 0.6) is 0 Å². The summed E-state index contributed by atoms with van der Waals surface area (Å²) in [5.41, 5.74) is -1.64. The lowest BCUT2D eigenvalue weighted by atomic mass is 9.81. The van der Waals surface area contributed by atoms with E-state index in [4.69, 9.17) is 32.8 Å². The number of fused-ring (bicyclic) bond motifs is 4. The molecule has 36 heavy (non-hydrogen) atoms. The van der Waals surface area contributed by atoms with E-state index in [1.807, 2.05) is 6.92 Å². The third-order valence-electron chi connectivity index (χ3n) is 7.39. The smallest absolute Gasteiger partial charge is 0.345 e. The van der Waals surface area contributed by atoms with Crippen molar-refractivity contribution in [3.63, 3.8) is 0 Å². The van der Waals surface area contributed by atoms with E-state index in [1.165, 1.54) is 21.0 Å². The van der Waals surface area contributed by atoms with Crippen molar-refractivity contribution < 1.29 is 52.0 Å². The highest BCUT2D eigenvalue weighted by molar-refractivity contribution is 5.89. The maximum Gasteiger partial charge on any atom is 0.345 e. The molecule has 3 unspecified atom stereocenters. The Morgan fingerprint density at radius 1 is 1.14 bits per heavy atom. The van der Waals surface area contributed by atoms with E-state index >= 15 is 0 Å². The molecular formula is C25H28O11. The van der Waals surface area contributed by atoms with Gasteiger partial charge in [-0.15, -0.1) is 0 Å². The fourth-order valence-electron chi connectivity index (χ4n) is 5.57. The van der Waals surface area contributed by atoms with Gasteiger partial charge in [0, 0.05) is 31.8 Å². The number of esters is 4. The predicted molar refractivity (Wildman–Crippen MR) is 117 cm³/mol. The van der Waals surface area contributed by atoms with E-state index in [1.54, 1.807) is 13.0 Å². The molecule has 194 valence electrons. The number of methoxy groups -OCH3 is 1. The van der Waals surface area contributed by atoms with Crippen LogP contribution in [0.4, 0.5) is 0 Å². The fourth-order valence-corrected chi connectivity index (χ4v) is 5.57. The molecule has 1 aromatic rings. The SMILES string of the molecule is C=C(C(=O)OC)[C@H]1CC(OC(C)=O)[C@@]23O[C@@H]2C(C[C@]2(C)O[C@H]2c2cc(C)c(o2)C1OC(C)=O)OC3=O. The minimum Gasteiger partial charge on any atom is -0.466 e. The predicted octanol–water partition coefficient (Wildman–Crippen LogP) is 2.16. The number of carbonyl (C=O) groups is 4. The van der Waals surface area contributed by atoms with Crippen LogP contribution in [0, 0.1) is 12.8 Å². The molecule has 0 aliphatic carbocycles. The highest BCUT2D eigenvalue weighted by Crippen LogP contribution is 2.60. The van der Waals surface area contributed by atoms with E-state index in [2.05, 4.69) is 6.58 Å². The van der Waals surface area contributed by atoms with Crippen LogP contribution in [0.1, 0.15) is 62.9 Å². The number of hydrogen-bond acceptors (Lipinski definition) is 11. The van der Waals surface area contributed by atoms with Gasteiger partial charge in [-0.2, -0.15) is 0 Å². The molecular weight excluding hydrogens is 476 g/mol. The van der Waals surface area contributed by atoms with Crippen molar-refractivity contribution in [1.29, 1.82) is 0 Å². The summed E-state index contributed by atoms with van der Waals surface area (Å²) in [6.45, 7) is 9.96. The van der Waals surface area contributed by atoms with Gasteiger partial charge in [-0.3, -0.25) is 9.59 Å². The van der Waals surface area contributed by atoms with Gasteiger partial charge in [0.2, 0.25) is 5.60 Å². The van der Waals surface area contributed by atoms with Crippen LogP contribution in [0.2, 0.25) is 0 Å². The second-order valence-corrected chi connectivity index (χ2v) is 9.97. The Hall–Kier alpha value is -3.18. The molecule has 3 fully saturated rings. The summed E-state index contributed by atoms with van der Waals surface area (Å²) < 4.78 is 39.8. The number of rotatable bonds is 4. The summed E-state index contributed by atoms with van der Waals surface area (Å²) in [7, 11) is 1.19. The van der Waals surface area contributed by atoms with Crippen molar-refractivity contribution >= 4 is 23.9 Å². The molecule has 3 saturated heterocycles. The molecule has 5 heterocycles. The molecule has 0 amide bonds. The zero-order valence-electron chi connectivity index (χ0n) is 20.7. The van der Waals surface area contributed by atoms with Gasteiger partial charge in [0.15, 0.2) is 6.10 Å². The molecule has 1 aromatic heterocycles. The van der Waals surface area contributed by atoms with E-state index in [9.17, 15) is 19.2 Å². The molecule has 0 saturated carbocycles. The Kier molecular flexibility index (Phi) is 5.56. The fraction of sp³-hybridized carbons (Fsp3) is 0.600. The van der Waals surface area contributed by atoms with Crippen LogP contribution in [0.3, 0.4) is 0 Å². The third kappa shape index (κ3) is 3.72. The Morgan fingerprint density at radius 3 is 2.44 bits per heavy atom. The molecule has 8 atom stereocenters. The first-order valence-electron chi connectivity index (χ1n) is 11.7. The summed E-state index contributed by atoms with van der Waals surface area (Å²) in [6.07, 6.45) is -3.87. The molecule has 0 spiro atoms. The lowest BCUT2D eigenvalue weighted by Crippen LogP contribution is -2.43. The van der Waals surface area contributed by atoms with Crippen LogP contribution in [-0.2, 0) is 47.6 Å². The van der Waals surface area contributed by atoms with Crippen molar-refractivity contribution in [1.82, 2.24) is 0 Å². The van der Waals surface area contributed by atoms with Crippen LogP contribution >= 0.6 is 0 Å². The largest absolute Gasteiger partial charge is 0.466 e. The monoisotopic (exact) mass is 504 g/mol. The number of hydrogen-bond donors (Lipinski definition) is 0. The summed E-state index contributed by atoms with van der Waals surface area (Å²) in [5.74, 6) is -2.93. The lowest BCUT2D eigenvalue weighted by Gasteiger charge is -2.30. The molecule has 11 heteroatoms. The maximum absolute atomic E-state index is 13.1. The lowest BCUT2D eigenvalue weighted by molar-refractivity contribution is -0.168. The van der Waals surface area contributed by atoms with Crippen LogP contribution in [0.25, 0.3) is 0 Å². The topological polar surface area (TPSA) is 143 Å². The minimum absolute atomic E-state index is 0.0582. The molecule has 4 aliphatic rings. The number of ether oxygens (including phenoxy) is 6. The Bertz CT molecular complexity index is 1170. The molecule has 5 rings (SSSR count). The van der Waals surface area contributed by atoms with Crippen molar-refractivity contribution in [3.8, 4) is 0 Å². The molecule has 0 aromatic carbocycles.